The van der Waals surface area contributed by atoms with Crippen molar-refractivity contribution in [3.05, 3.63) is 53.3 Å². The normalized spacial score (nSPS) is 31.0. The molecule has 124 valence electrons. The van der Waals surface area contributed by atoms with Gasteiger partial charge in [-0.3, -0.25) is 0 Å². The second kappa shape index (κ2) is 5.85. The molecule has 1 fully saturated rings. The minimum atomic E-state index is 0.0991. The van der Waals surface area contributed by atoms with Crippen LogP contribution >= 0.6 is 0 Å². The number of methoxy groups -OCH3 is 1. The molecule has 4 unspecified atom stereocenters. The maximum atomic E-state index is 5.99. The van der Waals surface area contributed by atoms with E-state index in [9.17, 15) is 0 Å². The number of ether oxygens (including phenoxy) is 1. The van der Waals surface area contributed by atoms with Crippen LogP contribution in [0.4, 0.5) is 0 Å². The average molecular weight is 310 g/mol. The van der Waals surface area contributed by atoms with Gasteiger partial charge in [0.15, 0.2) is 0 Å². The van der Waals surface area contributed by atoms with Crippen molar-refractivity contribution < 1.29 is 4.74 Å². The zero-order valence-corrected chi connectivity index (χ0v) is 15.4. The van der Waals surface area contributed by atoms with Gasteiger partial charge in [-0.25, -0.2) is 0 Å². The number of fused-ring (bicyclic) bond motifs is 1. The Morgan fingerprint density at radius 3 is 2.26 bits per heavy atom. The molecule has 2 aliphatic carbocycles. The highest BCUT2D eigenvalue weighted by Gasteiger charge is 2.45. The highest BCUT2D eigenvalue weighted by molar-refractivity contribution is 5.75. The summed E-state index contributed by atoms with van der Waals surface area (Å²) in [5, 5.41) is 0. The summed E-state index contributed by atoms with van der Waals surface area (Å²) >= 11 is 0. The molecule has 0 radical (unpaired) electrons. The van der Waals surface area contributed by atoms with Crippen molar-refractivity contribution in [3.63, 3.8) is 0 Å². The molecule has 0 aliphatic heterocycles. The van der Waals surface area contributed by atoms with E-state index in [2.05, 4.69) is 71.0 Å². The lowest BCUT2D eigenvalue weighted by Gasteiger charge is -2.36. The number of allylic oxidation sites excluding steroid dienone is 3. The van der Waals surface area contributed by atoms with Crippen molar-refractivity contribution in [2.24, 2.45) is 29.1 Å². The third-order valence-electron chi connectivity index (χ3n) is 5.91. The number of hydrogen-bond acceptors (Lipinski definition) is 1. The van der Waals surface area contributed by atoms with E-state index in [1.54, 1.807) is 0 Å². The van der Waals surface area contributed by atoms with E-state index in [0.717, 1.165) is 17.6 Å². The smallest absolute Gasteiger partial charge is 0.126 e. The second-order valence-electron chi connectivity index (χ2n) is 8.40. The molecule has 0 N–H and O–H groups in total. The fraction of sp³-hybridized carbons (Fsp3) is 0.545. The lowest BCUT2D eigenvalue weighted by atomic mass is 9.71. The van der Waals surface area contributed by atoms with Crippen LogP contribution in [0.25, 0.3) is 5.57 Å². The Labute approximate surface area is 141 Å². The summed E-state index contributed by atoms with van der Waals surface area (Å²) in [7, 11) is 1.83. The molecule has 1 heteroatoms. The van der Waals surface area contributed by atoms with Crippen LogP contribution in [-0.2, 0) is 4.74 Å². The molecule has 0 amide bonds. The van der Waals surface area contributed by atoms with E-state index in [1.807, 2.05) is 7.11 Å². The molecule has 3 rings (SSSR count). The largest absolute Gasteiger partial charge is 0.496 e. The summed E-state index contributed by atoms with van der Waals surface area (Å²) in [6, 6.07) is 10.9. The first-order valence-electron chi connectivity index (χ1n) is 8.90. The van der Waals surface area contributed by atoms with Crippen molar-refractivity contribution >= 4 is 5.57 Å². The Balaban J connectivity index is 2.21. The zero-order valence-electron chi connectivity index (χ0n) is 15.4. The van der Waals surface area contributed by atoms with Crippen molar-refractivity contribution in [2.45, 2.75) is 41.0 Å². The highest BCUT2D eigenvalue weighted by atomic mass is 16.5. The van der Waals surface area contributed by atoms with Gasteiger partial charge in [0.2, 0.25) is 0 Å². The molecule has 1 aromatic rings. The maximum Gasteiger partial charge on any atom is 0.126 e. The minimum absolute atomic E-state index is 0.0991. The van der Waals surface area contributed by atoms with Crippen LogP contribution < -0.4 is 0 Å². The molecule has 1 aromatic carbocycles. The first-order valence-corrected chi connectivity index (χ1v) is 8.90. The Kier molecular flexibility index (Phi) is 4.16. The maximum absolute atomic E-state index is 5.99. The Hall–Kier alpha value is -1.50. The van der Waals surface area contributed by atoms with Crippen LogP contribution in [0.5, 0.6) is 0 Å². The molecule has 1 saturated carbocycles. The summed E-state index contributed by atoms with van der Waals surface area (Å²) in [5.41, 5.74) is 4.24. The van der Waals surface area contributed by atoms with Crippen LogP contribution in [-0.4, -0.2) is 7.11 Å². The second-order valence-corrected chi connectivity index (χ2v) is 8.40. The standard InChI is InChI=1S/C22H30O/c1-14-12-18-17(15(14)2)13-19(22(3,4)5)21(23-6)20(18)16-10-8-7-9-11-16/h7-11,13-15,17-18H,12H2,1-6H3. The van der Waals surface area contributed by atoms with Gasteiger partial charge in [-0.05, 0) is 46.6 Å². The molecule has 0 aromatic heterocycles. The molecular weight excluding hydrogens is 280 g/mol. The predicted molar refractivity (Wildman–Crippen MR) is 97.8 cm³/mol. The van der Waals surface area contributed by atoms with E-state index in [4.69, 9.17) is 4.74 Å². The van der Waals surface area contributed by atoms with Gasteiger partial charge in [-0.15, -0.1) is 0 Å². The van der Waals surface area contributed by atoms with Crippen LogP contribution in [0, 0.1) is 29.1 Å². The fourth-order valence-electron chi connectivity index (χ4n) is 4.45. The fourth-order valence-corrected chi connectivity index (χ4v) is 4.45. The van der Waals surface area contributed by atoms with E-state index in [1.165, 1.54) is 23.1 Å². The van der Waals surface area contributed by atoms with Gasteiger partial charge in [0.25, 0.3) is 0 Å². The number of hydrogen-bond donors (Lipinski definition) is 0. The van der Waals surface area contributed by atoms with Crippen LogP contribution in [0.15, 0.2) is 47.7 Å². The van der Waals surface area contributed by atoms with E-state index >= 15 is 0 Å². The third-order valence-corrected chi connectivity index (χ3v) is 5.91. The molecule has 23 heavy (non-hydrogen) atoms. The average Bonchev–Trinajstić information content (AvgIpc) is 2.80. The molecule has 2 aliphatic rings. The van der Waals surface area contributed by atoms with E-state index < -0.39 is 0 Å². The Morgan fingerprint density at radius 1 is 1.04 bits per heavy atom. The predicted octanol–water partition coefficient (Wildman–Crippen LogP) is 5.94. The van der Waals surface area contributed by atoms with Crippen LogP contribution in [0.2, 0.25) is 0 Å². The van der Waals surface area contributed by atoms with Crippen LogP contribution in [0.3, 0.4) is 0 Å². The summed E-state index contributed by atoms with van der Waals surface area (Å²) in [4.78, 5) is 0. The molecule has 4 atom stereocenters. The molecule has 0 spiro atoms. The monoisotopic (exact) mass is 310 g/mol. The lowest BCUT2D eigenvalue weighted by Crippen LogP contribution is -2.25. The minimum Gasteiger partial charge on any atom is -0.496 e. The topological polar surface area (TPSA) is 9.23 Å². The van der Waals surface area contributed by atoms with Gasteiger partial charge in [-0.2, -0.15) is 0 Å². The van der Waals surface area contributed by atoms with Gasteiger partial charge >= 0.3 is 0 Å². The first kappa shape index (κ1) is 16.4. The molecule has 0 bridgehead atoms. The van der Waals surface area contributed by atoms with Crippen molar-refractivity contribution in [1.29, 1.82) is 0 Å². The van der Waals surface area contributed by atoms with E-state index in [0.29, 0.717) is 11.8 Å². The summed E-state index contributed by atoms with van der Waals surface area (Å²) in [5.74, 6) is 3.83. The van der Waals surface area contributed by atoms with Gasteiger partial charge in [-0.1, -0.05) is 71.0 Å². The van der Waals surface area contributed by atoms with Gasteiger partial charge in [0.05, 0.1) is 7.11 Å². The Bertz CT molecular complexity index is 630. The first-order chi connectivity index (χ1) is 10.8. The summed E-state index contributed by atoms with van der Waals surface area (Å²) < 4.78 is 5.99. The van der Waals surface area contributed by atoms with Gasteiger partial charge in [0, 0.05) is 5.57 Å². The van der Waals surface area contributed by atoms with Crippen molar-refractivity contribution in [3.8, 4) is 0 Å². The molecule has 1 nitrogen and oxygen atoms in total. The van der Waals surface area contributed by atoms with Crippen LogP contribution in [0.1, 0.15) is 46.6 Å². The SMILES string of the molecule is COC1=C(c2ccccc2)C2CC(C)C(C)C2C=C1C(C)(C)C. The number of rotatable bonds is 2. The van der Waals surface area contributed by atoms with Gasteiger partial charge in [0.1, 0.15) is 5.76 Å². The molecule has 0 heterocycles. The lowest BCUT2D eigenvalue weighted by molar-refractivity contribution is 0.271. The third kappa shape index (κ3) is 2.75. The van der Waals surface area contributed by atoms with Crippen molar-refractivity contribution in [1.82, 2.24) is 0 Å². The molecular formula is C22H30O. The summed E-state index contributed by atoms with van der Waals surface area (Å²) in [6.07, 6.45) is 3.79. The quantitative estimate of drug-likeness (QED) is 0.657. The summed E-state index contributed by atoms with van der Waals surface area (Å²) in [6.45, 7) is 11.7. The van der Waals surface area contributed by atoms with E-state index in [-0.39, 0.29) is 5.41 Å². The van der Waals surface area contributed by atoms with Gasteiger partial charge < -0.3 is 4.74 Å². The zero-order chi connectivity index (χ0) is 16.8. The number of benzene rings is 1. The molecule has 0 saturated heterocycles. The highest BCUT2D eigenvalue weighted by Crippen LogP contribution is 2.55. The van der Waals surface area contributed by atoms with Crippen molar-refractivity contribution in [2.75, 3.05) is 7.11 Å². The Morgan fingerprint density at radius 2 is 1.70 bits per heavy atom.